The van der Waals surface area contributed by atoms with Gasteiger partial charge in [0.15, 0.2) is 5.76 Å². The lowest BCUT2D eigenvalue weighted by Gasteiger charge is -2.08. The first-order chi connectivity index (χ1) is 8.79. The second-order valence-electron chi connectivity index (χ2n) is 3.63. The van der Waals surface area contributed by atoms with Gasteiger partial charge in [-0.25, -0.2) is 0 Å². The molecule has 19 heavy (non-hydrogen) atoms. The lowest BCUT2D eigenvalue weighted by Crippen LogP contribution is -2.04. The molecule has 1 aromatic carbocycles. The molecule has 0 saturated heterocycles. The summed E-state index contributed by atoms with van der Waals surface area (Å²) in [5.41, 5.74) is -0.611. The molecule has 1 aromatic heterocycles. The summed E-state index contributed by atoms with van der Waals surface area (Å²) in [7, 11) is 0. The van der Waals surface area contributed by atoms with Crippen molar-refractivity contribution in [3.63, 3.8) is 0 Å². The van der Waals surface area contributed by atoms with Crippen molar-refractivity contribution >= 4 is 28.4 Å². The molecule has 0 N–H and O–H groups in total. The van der Waals surface area contributed by atoms with E-state index in [1.165, 1.54) is 18.2 Å². The van der Waals surface area contributed by atoms with Crippen LogP contribution in [0, 0.1) is 0 Å². The van der Waals surface area contributed by atoms with E-state index in [-0.39, 0.29) is 22.1 Å². The van der Waals surface area contributed by atoms with Gasteiger partial charge in [-0.1, -0.05) is 11.6 Å². The predicted molar refractivity (Wildman–Crippen MR) is 64.3 cm³/mol. The van der Waals surface area contributed by atoms with E-state index in [2.05, 4.69) is 0 Å². The fourth-order valence-corrected chi connectivity index (χ4v) is 1.85. The number of carbonyl (C=O) groups excluding carboxylic acids is 1. The van der Waals surface area contributed by atoms with Gasteiger partial charge in [-0.2, -0.15) is 13.2 Å². The van der Waals surface area contributed by atoms with Crippen molar-refractivity contribution in [2.45, 2.75) is 6.18 Å². The average molecular weight is 309 g/mol. The fourth-order valence-electron chi connectivity index (χ4n) is 1.48. The van der Waals surface area contributed by atoms with Gasteiger partial charge in [0.05, 0.1) is 10.6 Å². The maximum atomic E-state index is 12.5. The quantitative estimate of drug-likeness (QED) is 0.731. The molecule has 1 heterocycles. The third-order valence-electron chi connectivity index (χ3n) is 2.36. The molecule has 7 heteroatoms. The third-order valence-corrected chi connectivity index (χ3v) is 2.86. The van der Waals surface area contributed by atoms with Crippen LogP contribution in [0.4, 0.5) is 13.2 Å². The van der Waals surface area contributed by atoms with Gasteiger partial charge in [-0.3, -0.25) is 4.79 Å². The van der Waals surface area contributed by atoms with Crippen molar-refractivity contribution in [1.29, 1.82) is 0 Å². The molecule has 0 saturated carbocycles. The topological polar surface area (TPSA) is 30.2 Å². The van der Waals surface area contributed by atoms with Crippen LogP contribution < -0.4 is 0 Å². The Morgan fingerprint density at radius 2 is 1.84 bits per heavy atom. The molecule has 0 fully saturated rings. The zero-order valence-corrected chi connectivity index (χ0v) is 10.6. The van der Waals surface area contributed by atoms with E-state index in [0.717, 1.165) is 12.1 Å². The van der Waals surface area contributed by atoms with Crippen LogP contribution in [0.15, 0.2) is 34.7 Å². The van der Waals surface area contributed by atoms with Crippen molar-refractivity contribution in [1.82, 2.24) is 0 Å². The van der Waals surface area contributed by atoms with Crippen molar-refractivity contribution in [2.24, 2.45) is 0 Å². The summed E-state index contributed by atoms with van der Waals surface area (Å²) in [6.07, 6.45) is -4.47. The van der Waals surface area contributed by atoms with Gasteiger partial charge < -0.3 is 4.42 Å². The number of hydrogen-bond acceptors (Lipinski definition) is 2. The van der Waals surface area contributed by atoms with E-state index in [1.807, 2.05) is 0 Å². The van der Waals surface area contributed by atoms with Crippen LogP contribution in [-0.2, 0) is 6.18 Å². The molecule has 2 nitrogen and oxygen atoms in total. The van der Waals surface area contributed by atoms with Crippen molar-refractivity contribution in [3.05, 3.63) is 46.7 Å². The summed E-state index contributed by atoms with van der Waals surface area (Å²) >= 11 is 11.0. The minimum atomic E-state index is -4.47. The summed E-state index contributed by atoms with van der Waals surface area (Å²) in [5.74, 6) is 0.0651. The van der Waals surface area contributed by atoms with Gasteiger partial charge in [0.1, 0.15) is 5.76 Å². The molecule has 0 aliphatic heterocycles. The smallest absolute Gasteiger partial charge is 0.416 e. The molecule has 0 aliphatic rings. The molecule has 2 aromatic rings. The Morgan fingerprint density at radius 1 is 1.16 bits per heavy atom. The van der Waals surface area contributed by atoms with Crippen LogP contribution in [0.1, 0.15) is 16.1 Å². The van der Waals surface area contributed by atoms with E-state index >= 15 is 0 Å². The Morgan fingerprint density at radius 3 is 2.32 bits per heavy atom. The molecule has 0 aliphatic carbocycles. The lowest BCUT2D eigenvalue weighted by atomic mass is 10.1. The number of rotatable bonds is 2. The van der Waals surface area contributed by atoms with Gasteiger partial charge in [0, 0.05) is 5.56 Å². The number of carbonyl (C=O) groups is 1. The summed E-state index contributed by atoms with van der Waals surface area (Å²) in [4.78, 5) is 10.9. The first kappa shape index (κ1) is 14.0. The monoisotopic (exact) mass is 308 g/mol. The van der Waals surface area contributed by atoms with Crippen molar-refractivity contribution < 1.29 is 22.4 Å². The highest BCUT2D eigenvalue weighted by Gasteiger charge is 2.31. The number of hydrogen-bond donors (Lipinski definition) is 0. The molecule has 100 valence electrons. The largest absolute Gasteiger partial charge is 0.452 e. The second-order valence-corrected chi connectivity index (χ2v) is 4.38. The third kappa shape index (κ3) is 2.93. The Kier molecular flexibility index (Phi) is 3.60. The van der Waals surface area contributed by atoms with Gasteiger partial charge in [0.25, 0.3) is 5.24 Å². The molecular weight excluding hydrogens is 304 g/mol. The van der Waals surface area contributed by atoms with Crippen molar-refractivity contribution in [3.8, 4) is 11.3 Å². The molecule has 0 radical (unpaired) electrons. The van der Waals surface area contributed by atoms with Crippen LogP contribution >= 0.6 is 23.2 Å². The van der Waals surface area contributed by atoms with Crippen LogP contribution in [0.2, 0.25) is 5.02 Å². The van der Waals surface area contributed by atoms with Gasteiger partial charge in [-0.05, 0) is 41.9 Å². The molecular formula is C12H5Cl2F3O2. The highest BCUT2D eigenvalue weighted by molar-refractivity contribution is 6.67. The van der Waals surface area contributed by atoms with Crippen LogP contribution in [-0.4, -0.2) is 5.24 Å². The minimum Gasteiger partial charge on any atom is -0.452 e. The Hall–Kier alpha value is -1.46. The molecule has 0 amide bonds. The SMILES string of the molecule is O=C(Cl)c1ccc(-c2ccc(C(F)(F)F)cc2Cl)o1. The van der Waals surface area contributed by atoms with Gasteiger partial charge >= 0.3 is 6.18 Å². The van der Waals surface area contributed by atoms with Crippen LogP contribution in [0.3, 0.4) is 0 Å². The molecule has 0 atom stereocenters. The highest BCUT2D eigenvalue weighted by Crippen LogP contribution is 2.36. The lowest BCUT2D eigenvalue weighted by molar-refractivity contribution is -0.137. The Bertz CT molecular complexity index is 632. The zero-order chi connectivity index (χ0) is 14.2. The van der Waals surface area contributed by atoms with Crippen LogP contribution in [0.5, 0.6) is 0 Å². The minimum absolute atomic E-state index is 0.104. The predicted octanol–water partition coefficient (Wildman–Crippen LogP) is 5.00. The first-order valence-electron chi connectivity index (χ1n) is 4.96. The Balaban J connectivity index is 2.43. The molecule has 0 spiro atoms. The van der Waals surface area contributed by atoms with Gasteiger partial charge in [-0.15, -0.1) is 0 Å². The van der Waals surface area contributed by atoms with Gasteiger partial charge in [0.2, 0.25) is 0 Å². The summed E-state index contributed by atoms with van der Waals surface area (Å²) in [6.45, 7) is 0. The zero-order valence-electron chi connectivity index (χ0n) is 9.09. The van der Waals surface area contributed by atoms with E-state index in [4.69, 9.17) is 27.6 Å². The maximum Gasteiger partial charge on any atom is 0.416 e. The van der Waals surface area contributed by atoms with Crippen LogP contribution in [0.25, 0.3) is 11.3 Å². The summed E-state index contributed by atoms with van der Waals surface area (Å²) in [6, 6.07) is 5.57. The number of halogens is 5. The normalized spacial score (nSPS) is 11.6. The molecule has 2 rings (SSSR count). The van der Waals surface area contributed by atoms with E-state index in [0.29, 0.717) is 0 Å². The maximum absolute atomic E-state index is 12.5. The van der Waals surface area contributed by atoms with Crippen molar-refractivity contribution in [2.75, 3.05) is 0 Å². The van der Waals surface area contributed by atoms with E-state index < -0.39 is 17.0 Å². The standard InChI is InChI=1S/C12H5Cl2F3O2/c13-8-5-6(12(15,16)17)1-2-7(8)9-3-4-10(19-9)11(14)18/h1-5H. The average Bonchev–Trinajstić information content (AvgIpc) is 2.76. The highest BCUT2D eigenvalue weighted by atomic mass is 35.5. The molecule has 0 bridgehead atoms. The number of furan rings is 1. The molecule has 0 unspecified atom stereocenters. The Labute approximate surface area is 115 Å². The number of benzene rings is 1. The fraction of sp³-hybridized carbons (Fsp3) is 0.0833. The summed E-state index contributed by atoms with van der Waals surface area (Å²) in [5, 5.41) is -0.924. The van der Waals surface area contributed by atoms with E-state index in [1.54, 1.807) is 0 Å². The number of alkyl halides is 3. The summed E-state index contributed by atoms with van der Waals surface area (Å²) < 4.78 is 42.5. The first-order valence-corrected chi connectivity index (χ1v) is 5.71. The van der Waals surface area contributed by atoms with E-state index in [9.17, 15) is 18.0 Å². The second kappa shape index (κ2) is 4.90.